The lowest BCUT2D eigenvalue weighted by molar-refractivity contribution is -0.510. The fourth-order valence-electron chi connectivity index (χ4n) is 1.28. The van der Waals surface area contributed by atoms with Gasteiger partial charge in [-0.05, 0) is 19.4 Å². The summed E-state index contributed by atoms with van der Waals surface area (Å²) >= 11 is 0. The monoisotopic (exact) mass is 259 g/mol. The first-order valence-electron chi connectivity index (χ1n) is 5.43. The molecule has 0 aliphatic carbocycles. The van der Waals surface area contributed by atoms with Gasteiger partial charge in [0.2, 0.25) is 6.04 Å². The Balaban J connectivity index is 4.29. The fourth-order valence-corrected chi connectivity index (χ4v) is 1.28. The van der Waals surface area contributed by atoms with E-state index in [0.717, 1.165) is 6.08 Å². The largest absolute Gasteiger partial charge is 0.466 e. The van der Waals surface area contributed by atoms with Crippen molar-refractivity contribution in [3.63, 3.8) is 0 Å². The van der Waals surface area contributed by atoms with Gasteiger partial charge in [0.15, 0.2) is 0 Å². The molecular weight excluding hydrogens is 242 g/mol. The molecule has 0 spiro atoms. The SMILES string of the molecule is COC(=O)/C=C/C(CC[C@H](C)OC(C)=O)[N+](=O)[O-]. The Kier molecular flexibility index (Phi) is 7.34. The lowest BCUT2D eigenvalue weighted by Crippen LogP contribution is -2.21. The molecule has 0 aromatic carbocycles. The van der Waals surface area contributed by atoms with Gasteiger partial charge in [0.25, 0.3) is 0 Å². The third kappa shape index (κ3) is 7.37. The number of hydrogen-bond donors (Lipinski definition) is 0. The van der Waals surface area contributed by atoms with E-state index in [1.807, 2.05) is 0 Å². The van der Waals surface area contributed by atoms with Gasteiger partial charge in [-0.3, -0.25) is 14.9 Å². The number of nitro groups is 1. The average molecular weight is 259 g/mol. The minimum absolute atomic E-state index is 0.176. The number of ether oxygens (including phenoxy) is 2. The van der Waals surface area contributed by atoms with E-state index in [1.54, 1.807) is 6.92 Å². The fraction of sp³-hybridized carbons (Fsp3) is 0.636. The predicted molar refractivity (Wildman–Crippen MR) is 62.4 cm³/mol. The Morgan fingerprint density at radius 3 is 2.44 bits per heavy atom. The number of nitrogens with zero attached hydrogens (tertiary/aromatic N) is 1. The van der Waals surface area contributed by atoms with Crippen LogP contribution in [0.3, 0.4) is 0 Å². The normalized spacial score (nSPS) is 13.9. The zero-order chi connectivity index (χ0) is 14.1. The highest BCUT2D eigenvalue weighted by Gasteiger charge is 2.19. The smallest absolute Gasteiger partial charge is 0.330 e. The molecule has 0 aromatic heterocycles. The van der Waals surface area contributed by atoms with Crippen molar-refractivity contribution in [1.29, 1.82) is 0 Å². The number of rotatable bonds is 7. The Bertz CT molecular complexity index is 338. The molecule has 1 unspecified atom stereocenters. The van der Waals surface area contributed by atoms with Crippen LogP contribution in [0.2, 0.25) is 0 Å². The van der Waals surface area contributed by atoms with Gasteiger partial charge in [0.05, 0.1) is 13.2 Å². The second kappa shape index (κ2) is 8.21. The van der Waals surface area contributed by atoms with Crippen LogP contribution in [-0.2, 0) is 19.1 Å². The third-order valence-electron chi connectivity index (χ3n) is 2.16. The molecule has 7 nitrogen and oxygen atoms in total. The summed E-state index contributed by atoms with van der Waals surface area (Å²) in [6, 6.07) is -0.998. The molecule has 7 heteroatoms. The standard InChI is InChI=1S/C11H17NO6/c1-8(18-9(2)13)4-5-10(12(15)16)6-7-11(14)17-3/h6-8,10H,4-5H2,1-3H3/b7-6+/t8-,10?/m0/s1. The first kappa shape index (κ1) is 16.1. The number of carbonyl (C=O) groups excluding carboxylic acids is 2. The number of carbonyl (C=O) groups is 2. The zero-order valence-electron chi connectivity index (χ0n) is 10.6. The molecular formula is C11H17NO6. The molecule has 0 aliphatic rings. The van der Waals surface area contributed by atoms with Gasteiger partial charge >= 0.3 is 11.9 Å². The van der Waals surface area contributed by atoms with Gasteiger partial charge in [-0.25, -0.2) is 4.79 Å². The van der Waals surface area contributed by atoms with Gasteiger partial charge in [0, 0.05) is 24.3 Å². The molecule has 102 valence electrons. The minimum Gasteiger partial charge on any atom is -0.466 e. The van der Waals surface area contributed by atoms with Crippen LogP contribution in [0, 0.1) is 10.1 Å². The molecule has 0 saturated carbocycles. The van der Waals surface area contributed by atoms with Crippen LogP contribution in [0.1, 0.15) is 26.7 Å². The van der Waals surface area contributed by atoms with Crippen molar-refractivity contribution >= 4 is 11.9 Å². The predicted octanol–water partition coefficient (Wildman–Crippen LogP) is 1.09. The van der Waals surface area contributed by atoms with Crippen molar-refractivity contribution in [1.82, 2.24) is 0 Å². The first-order chi connectivity index (χ1) is 8.36. The third-order valence-corrected chi connectivity index (χ3v) is 2.16. The van der Waals surface area contributed by atoms with Crippen molar-refractivity contribution in [2.24, 2.45) is 0 Å². The summed E-state index contributed by atoms with van der Waals surface area (Å²) in [4.78, 5) is 31.7. The van der Waals surface area contributed by atoms with E-state index in [1.165, 1.54) is 20.1 Å². The average Bonchev–Trinajstić information content (AvgIpc) is 2.26. The molecule has 0 rings (SSSR count). The van der Waals surface area contributed by atoms with E-state index in [9.17, 15) is 19.7 Å². The van der Waals surface area contributed by atoms with E-state index < -0.39 is 29.0 Å². The molecule has 0 amide bonds. The molecule has 0 N–H and O–H groups in total. The maximum absolute atomic E-state index is 10.8. The molecule has 0 aromatic rings. The van der Waals surface area contributed by atoms with Crippen LogP contribution in [-0.4, -0.2) is 36.1 Å². The number of hydrogen-bond acceptors (Lipinski definition) is 6. The summed E-state index contributed by atoms with van der Waals surface area (Å²) in [5.74, 6) is -1.07. The summed E-state index contributed by atoms with van der Waals surface area (Å²) < 4.78 is 9.19. The molecule has 0 bridgehead atoms. The number of methoxy groups -OCH3 is 1. The van der Waals surface area contributed by atoms with Gasteiger partial charge in [-0.15, -0.1) is 0 Å². The molecule has 0 heterocycles. The second-order valence-corrected chi connectivity index (χ2v) is 3.73. The maximum atomic E-state index is 10.8. The Morgan fingerprint density at radius 2 is 2.00 bits per heavy atom. The molecule has 0 aliphatic heterocycles. The van der Waals surface area contributed by atoms with Crippen LogP contribution in [0.4, 0.5) is 0 Å². The van der Waals surface area contributed by atoms with Crippen LogP contribution < -0.4 is 0 Å². The van der Waals surface area contributed by atoms with Gasteiger partial charge in [-0.2, -0.15) is 0 Å². The van der Waals surface area contributed by atoms with Crippen LogP contribution in [0.25, 0.3) is 0 Å². The highest BCUT2D eigenvalue weighted by atomic mass is 16.6. The molecule has 0 fully saturated rings. The van der Waals surface area contributed by atoms with Gasteiger partial charge < -0.3 is 9.47 Å². The van der Waals surface area contributed by atoms with Crippen molar-refractivity contribution in [3.8, 4) is 0 Å². The Labute approximate surface area is 105 Å². The highest BCUT2D eigenvalue weighted by Crippen LogP contribution is 2.09. The van der Waals surface area contributed by atoms with Crippen molar-refractivity contribution in [2.45, 2.75) is 38.8 Å². The maximum Gasteiger partial charge on any atom is 0.330 e. The minimum atomic E-state index is -0.998. The van der Waals surface area contributed by atoms with E-state index in [0.29, 0.717) is 6.42 Å². The summed E-state index contributed by atoms with van der Waals surface area (Å²) in [5.41, 5.74) is 0. The molecule has 0 saturated heterocycles. The van der Waals surface area contributed by atoms with E-state index in [-0.39, 0.29) is 6.42 Å². The van der Waals surface area contributed by atoms with Crippen molar-refractivity contribution in [3.05, 3.63) is 22.3 Å². The zero-order valence-corrected chi connectivity index (χ0v) is 10.6. The van der Waals surface area contributed by atoms with Crippen LogP contribution in [0.5, 0.6) is 0 Å². The topological polar surface area (TPSA) is 95.7 Å². The van der Waals surface area contributed by atoms with E-state index in [4.69, 9.17) is 4.74 Å². The summed E-state index contributed by atoms with van der Waals surface area (Å²) in [6.45, 7) is 2.93. The Hall–Kier alpha value is -1.92. The summed E-state index contributed by atoms with van der Waals surface area (Å²) in [7, 11) is 1.19. The van der Waals surface area contributed by atoms with Crippen LogP contribution in [0.15, 0.2) is 12.2 Å². The van der Waals surface area contributed by atoms with Crippen LogP contribution >= 0.6 is 0 Å². The quantitative estimate of drug-likeness (QED) is 0.294. The Morgan fingerprint density at radius 1 is 1.39 bits per heavy atom. The first-order valence-corrected chi connectivity index (χ1v) is 5.43. The highest BCUT2D eigenvalue weighted by molar-refractivity contribution is 5.81. The number of esters is 2. The molecule has 18 heavy (non-hydrogen) atoms. The molecule has 2 atom stereocenters. The second-order valence-electron chi connectivity index (χ2n) is 3.73. The lowest BCUT2D eigenvalue weighted by atomic mass is 10.1. The van der Waals surface area contributed by atoms with E-state index in [2.05, 4.69) is 4.74 Å². The van der Waals surface area contributed by atoms with Crippen molar-refractivity contribution < 1.29 is 24.0 Å². The lowest BCUT2D eigenvalue weighted by Gasteiger charge is -2.12. The summed E-state index contributed by atoms with van der Waals surface area (Å²) in [6.07, 6.45) is 2.32. The van der Waals surface area contributed by atoms with Gasteiger partial charge in [-0.1, -0.05) is 0 Å². The summed E-state index contributed by atoms with van der Waals surface area (Å²) in [5, 5.41) is 10.7. The van der Waals surface area contributed by atoms with Gasteiger partial charge in [0.1, 0.15) is 0 Å². The van der Waals surface area contributed by atoms with Crippen molar-refractivity contribution in [2.75, 3.05) is 7.11 Å². The molecule has 0 radical (unpaired) electrons. The van der Waals surface area contributed by atoms with E-state index >= 15 is 0 Å².